The summed E-state index contributed by atoms with van der Waals surface area (Å²) in [4.78, 5) is 12.9. The van der Waals surface area contributed by atoms with Gasteiger partial charge in [0.25, 0.3) is 0 Å². The molecule has 0 saturated heterocycles. The Balaban J connectivity index is 1.86. The predicted octanol–water partition coefficient (Wildman–Crippen LogP) is 3.94. The van der Waals surface area contributed by atoms with Crippen molar-refractivity contribution in [3.05, 3.63) is 65.9 Å². The molecule has 5 heteroatoms. The van der Waals surface area contributed by atoms with Crippen molar-refractivity contribution in [2.45, 2.75) is 0 Å². The Labute approximate surface area is 121 Å². The van der Waals surface area contributed by atoms with Crippen LogP contribution in [0.25, 0.3) is 11.5 Å². The van der Waals surface area contributed by atoms with Crippen molar-refractivity contribution < 1.29 is 0 Å². The zero-order valence-electron chi connectivity index (χ0n) is 10.5. The van der Waals surface area contributed by atoms with Gasteiger partial charge in [-0.2, -0.15) is 0 Å². The van der Waals surface area contributed by atoms with Crippen LogP contribution in [-0.2, 0) is 0 Å². The van der Waals surface area contributed by atoms with E-state index in [1.807, 2.05) is 42.5 Å². The van der Waals surface area contributed by atoms with Gasteiger partial charge in [-0.1, -0.05) is 17.7 Å². The summed E-state index contributed by atoms with van der Waals surface area (Å²) in [5.41, 5.74) is 1.66. The third-order valence-electron chi connectivity index (χ3n) is 2.67. The Morgan fingerprint density at radius 2 is 1.70 bits per heavy atom. The maximum absolute atomic E-state index is 5.86. The molecule has 2 aromatic heterocycles. The van der Waals surface area contributed by atoms with E-state index in [0.29, 0.717) is 16.7 Å². The quantitative estimate of drug-likeness (QED) is 0.790. The van der Waals surface area contributed by atoms with Crippen molar-refractivity contribution in [2.24, 2.45) is 0 Å². The van der Waals surface area contributed by atoms with Crippen LogP contribution in [0.3, 0.4) is 0 Å². The zero-order chi connectivity index (χ0) is 13.8. The summed E-state index contributed by atoms with van der Waals surface area (Å²) in [7, 11) is 0. The normalized spacial score (nSPS) is 10.2. The van der Waals surface area contributed by atoms with Gasteiger partial charge in [0.1, 0.15) is 11.5 Å². The fraction of sp³-hybridized carbons (Fsp3) is 0. The molecule has 20 heavy (non-hydrogen) atoms. The van der Waals surface area contributed by atoms with Gasteiger partial charge >= 0.3 is 0 Å². The highest BCUT2D eigenvalue weighted by atomic mass is 35.5. The van der Waals surface area contributed by atoms with E-state index in [9.17, 15) is 0 Å². The molecule has 0 spiro atoms. The van der Waals surface area contributed by atoms with Crippen LogP contribution in [0.15, 0.2) is 60.9 Å². The van der Waals surface area contributed by atoms with Crippen molar-refractivity contribution >= 4 is 23.1 Å². The highest BCUT2D eigenvalue weighted by molar-refractivity contribution is 6.30. The van der Waals surface area contributed by atoms with Gasteiger partial charge in [0.2, 0.25) is 0 Å². The van der Waals surface area contributed by atoms with E-state index in [1.54, 1.807) is 18.5 Å². The lowest BCUT2D eigenvalue weighted by molar-refractivity contribution is 1.14. The lowest BCUT2D eigenvalue weighted by Crippen LogP contribution is -1.97. The number of hydrogen-bond donors (Lipinski definition) is 1. The van der Waals surface area contributed by atoms with Crippen LogP contribution in [0.1, 0.15) is 0 Å². The number of benzene rings is 1. The van der Waals surface area contributed by atoms with Crippen LogP contribution in [0.5, 0.6) is 0 Å². The van der Waals surface area contributed by atoms with E-state index in [0.717, 1.165) is 11.4 Å². The summed E-state index contributed by atoms with van der Waals surface area (Å²) >= 11 is 5.86. The van der Waals surface area contributed by atoms with Crippen molar-refractivity contribution in [1.29, 1.82) is 0 Å². The maximum atomic E-state index is 5.86. The maximum Gasteiger partial charge on any atom is 0.180 e. The molecule has 0 aliphatic carbocycles. The molecule has 0 aliphatic rings. The second-order valence-electron chi connectivity index (χ2n) is 4.11. The molecule has 4 nitrogen and oxygen atoms in total. The largest absolute Gasteiger partial charge is 0.340 e. The summed E-state index contributed by atoms with van der Waals surface area (Å²) in [5, 5.41) is 3.91. The minimum absolute atomic E-state index is 0.588. The summed E-state index contributed by atoms with van der Waals surface area (Å²) in [6.07, 6.45) is 3.42. The number of pyridine rings is 1. The SMILES string of the molecule is Clc1ccc(Nc2ccnc(-c3ccccn3)n2)cc1. The molecule has 1 N–H and O–H groups in total. The van der Waals surface area contributed by atoms with Gasteiger partial charge in [0.15, 0.2) is 5.82 Å². The number of nitrogens with zero attached hydrogens (tertiary/aromatic N) is 3. The topological polar surface area (TPSA) is 50.7 Å². The smallest absolute Gasteiger partial charge is 0.180 e. The molecule has 0 bridgehead atoms. The van der Waals surface area contributed by atoms with Gasteiger partial charge in [-0.3, -0.25) is 4.98 Å². The molecule has 0 aliphatic heterocycles. The monoisotopic (exact) mass is 282 g/mol. The van der Waals surface area contributed by atoms with Gasteiger partial charge in [0.05, 0.1) is 0 Å². The van der Waals surface area contributed by atoms with Crippen molar-refractivity contribution in [2.75, 3.05) is 5.32 Å². The average molecular weight is 283 g/mol. The minimum Gasteiger partial charge on any atom is -0.340 e. The Bertz CT molecular complexity index is 699. The first-order chi connectivity index (χ1) is 9.81. The van der Waals surface area contributed by atoms with Crippen LogP contribution < -0.4 is 5.32 Å². The average Bonchev–Trinajstić information content (AvgIpc) is 2.51. The number of halogens is 1. The standard InChI is InChI=1S/C15H11ClN4/c16-11-4-6-12(7-5-11)19-14-8-10-18-15(20-14)13-3-1-2-9-17-13/h1-10H,(H,18,19,20). The lowest BCUT2D eigenvalue weighted by Gasteiger charge is -2.06. The van der Waals surface area contributed by atoms with E-state index in [2.05, 4.69) is 20.3 Å². The van der Waals surface area contributed by atoms with Gasteiger partial charge < -0.3 is 5.32 Å². The van der Waals surface area contributed by atoms with Gasteiger partial charge in [-0.15, -0.1) is 0 Å². The molecule has 3 aromatic rings. The van der Waals surface area contributed by atoms with Crippen molar-refractivity contribution in [1.82, 2.24) is 15.0 Å². The molecule has 0 radical (unpaired) electrons. The molecule has 98 valence electrons. The molecule has 0 saturated carbocycles. The van der Waals surface area contributed by atoms with E-state index in [1.165, 1.54) is 0 Å². The first kappa shape index (κ1) is 12.6. The highest BCUT2D eigenvalue weighted by Crippen LogP contribution is 2.19. The molecule has 0 unspecified atom stereocenters. The third-order valence-corrected chi connectivity index (χ3v) is 2.92. The molecule has 2 heterocycles. The van der Waals surface area contributed by atoms with Crippen LogP contribution in [0.2, 0.25) is 5.02 Å². The summed E-state index contributed by atoms with van der Waals surface area (Å²) in [6.45, 7) is 0. The molecule has 0 amide bonds. The van der Waals surface area contributed by atoms with Gasteiger partial charge in [-0.05, 0) is 42.5 Å². The predicted molar refractivity (Wildman–Crippen MR) is 80.0 cm³/mol. The second kappa shape index (κ2) is 5.67. The fourth-order valence-electron chi connectivity index (χ4n) is 1.73. The summed E-state index contributed by atoms with van der Waals surface area (Å²) in [5.74, 6) is 1.30. The molecule has 0 atom stereocenters. The number of rotatable bonds is 3. The Hall–Kier alpha value is -2.46. The highest BCUT2D eigenvalue weighted by Gasteiger charge is 2.03. The van der Waals surface area contributed by atoms with E-state index >= 15 is 0 Å². The van der Waals surface area contributed by atoms with Crippen LogP contribution in [0, 0.1) is 0 Å². The molecule has 0 fully saturated rings. The second-order valence-corrected chi connectivity index (χ2v) is 4.55. The van der Waals surface area contributed by atoms with Crippen LogP contribution >= 0.6 is 11.6 Å². The lowest BCUT2D eigenvalue weighted by atomic mass is 10.3. The third kappa shape index (κ3) is 2.92. The molecular formula is C15H11ClN4. The Kier molecular flexibility index (Phi) is 3.56. The fourth-order valence-corrected chi connectivity index (χ4v) is 1.85. The zero-order valence-corrected chi connectivity index (χ0v) is 11.2. The number of nitrogens with one attached hydrogen (secondary N) is 1. The van der Waals surface area contributed by atoms with E-state index in [4.69, 9.17) is 11.6 Å². The molecule has 1 aromatic carbocycles. The number of aromatic nitrogens is 3. The van der Waals surface area contributed by atoms with Crippen LogP contribution in [0.4, 0.5) is 11.5 Å². The first-order valence-corrected chi connectivity index (χ1v) is 6.46. The first-order valence-electron chi connectivity index (χ1n) is 6.08. The summed E-state index contributed by atoms with van der Waals surface area (Å²) in [6, 6.07) is 14.9. The van der Waals surface area contributed by atoms with Gasteiger partial charge in [-0.25, -0.2) is 9.97 Å². The van der Waals surface area contributed by atoms with E-state index in [-0.39, 0.29) is 0 Å². The molecule has 3 rings (SSSR count). The number of anilines is 2. The summed E-state index contributed by atoms with van der Waals surface area (Å²) < 4.78 is 0. The van der Waals surface area contributed by atoms with Gasteiger partial charge in [0, 0.05) is 23.1 Å². The molecular weight excluding hydrogens is 272 g/mol. The Morgan fingerprint density at radius 3 is 2.45 bits per heavy atom. The minimum atomic E-state index is 0.588. The van der Waals surface area contributed by atoms with Crippen molar-refractivity contribution in [3.63, 3.8) is 0 Å². The van der Waals surface area contributed by atoms with Crippen LogP contribution in [-0.4, -0.2) is 15.0 Å². The Morgan fingerprint density at radius 1 is 0.850 bits per heavy atom. The van der Waals surface area contributed by atoms with Crippen molar-refractivity contribution in [3.8, 4) is 11.5 Å². The number of hydrogen-bond acceptors (Lipinski definition) is 4. The van der Waals surface area contributed by atoms with E-state index < -0.39 is 0 Å².